The van der Waals surface area contributed by atoms with Crippen molar-refractivity contribution in [2.24, 2.45) is 0 Å². The van der Waals surface area contributed by atoms with E-state index in [0.717, 1.165) is 42.2 Å². The molecule has 0 aliphatic carbocycles. The zero-order chi connectivity index (χ0) is 17.8. The fourth-order valence-electron chi connectivity index (χ4n) is 3.32. The van der Waals surface area contributed by atoms with Gasteiger partial charge in [0.15, 0.2) is 5.76 Å². The molecule has 0 spiro atoms. The summed E-state index contributed by atoms with van der Waals surface area (Å²) in [5, 5.41) is 2.90. The molecule has 2 aromatic carbocycles. The van der Waals surface area contributed by atoms with E-state index in [0.29, 0.717) is 5.76 Å². The van der Waals surface area contributed by atoms with Gasteiger partial charge in [0, 0.05) is 5.69 Å². The molecule has 26 heavy (non-hydrogen) atoms. The lowest BCUT2D eigenvalue weighted by Crippen LogP contribution is -2.18. The maximum atomic E-state index is 12.4. The average Bonchev–Trinajstić information content (AvgIpc) is 3.36. The van der Waals surface area contributed by atoms with Gasteiger partial charge in [0.05, 0.1) is 6.54 Å². The van der Waals surface area contributed by atoms with Crippen LogP contribution in [-0.4, -0.2) is 23.9 Å². The van der Waals surface area contributed by atoms with Gasteiger partial charge in [-0.2, -0.15) is 0 Å². The third-order valence-electron chi connectivity index (χ3n) is 4.71. The third kappa shape index (κ3) is 3.86. The van der Waals surface area contributed by atoms with Gasteiger partial charge in [-0.25, -0.2) is 0 Å². The van der Waals surface area contributed by atoms with E-state index in [4.69, 9.17) is 4.42 Å². The average molecular weight is 346 g/mol. The van der Waals surface area contributed by atoms with Crippen molar-refractivity contribution in [3.8, 4) is 11.1 Å². The number of nitrogens with one attached hydrogen (secondary N) is 1. The summed E-state index contributed by atoms with van der Waals surface area (Å²) in [5.41, 5.74) is 3.03. The van der Waals surface area contributed by atoms with Crippen molar-refractivity contribution in [3.05, 3.63) is 78.3 Å². The van der Waals surface area contributed by atoms with Crippen LogP contribution in [0.15, 0.2) is 71.1 Å². The highest BCUT2D eigenvalue weighted by molar-refractivity contribution is 6.02. The molecule has 0 saturated carbocycles. The molecule has 0 bridgehead atoms. The second-order valence-corrected chi connectivity index (χ2v) is 6.65. The van der Waals surface area contributed by atoms with E-state index >= 15 is 0 Å². The molecule has 4 heteroatoms. The van der Waals surface area contributed by atoms with Crippen LogP contribution in [0.25, 0.3) is 11.1 Å². The Morgan fingerprint density at radius 3 is 2.31 bits per heavy atom. The van der Waals surface area contributed by atoms with Crippen LogP contribution >= 0.6 is 0 Å². The van der Waals surface area contributed by atoms with Crippen molar-refractivity contribution >= 4 is 11.6 Å². The molecule has 0 atom stereocenters. The van der Waals surface area contributed by atoms with Crippen molar-refractivity contribution in [2.45, 2.75) is 19.4 Å². The van der Waals surface area contributed by atoms with E-state index < -0.39 is 0 Å². The van der Waals surface area contributed by atoms with Gasteiger partial charge >= 0.3 is 0 Å². The number of furan rings is 1. The van der Waals surface area contributed by atoms with Crippen LogP contribution in [0.4, 0.5) is 5.69 Å². The first-order valence-electron chi connectivity index (χ1n) is 9.06. The van der Waals surface area contributed by atoms with E-state index in [1.807, 2.05) is 48.5 Å². The maximum Gasteiger partial charge on any atom is 0.291 e. The number of hydrogen-bond acceptors (Lipinski definition) is 3. The van der Waals surface area contributed by atoms with E-state index in [9.17, 15) is 4.79 Å². The number of anilines is 1. The minimum absolute atomic E-state index is 0.217. The number of rotatable bonds is 5. The molecule has 1 amide bonds. The van der Waals surface area contributed by atoms with Crippen LogP contribution in [0.3, 0.4) is 0 Å². The zero-order valence-corrected chi connectivity index (χ0v) is 14.7. The summed E-state index contributed by atoms with van der Waals surface area (Å²) < 4.78 is 5.72. The van der Waals surface area contributed by atoms with Crippen molar-refractivity contribution in [1.82, 2.24) is 4.90 Å². The van der Waals surface area contributed by atoms with Gasteiger partial charge in [-0.1, -0.05) is 42.5 Å². The van der Waals surface area contributed by atoms with Crippen LogP contribution in [0.2, 0.25) is 0 Å². The number of carbonyl (C=O) groups is 1. The van der Waals surface area contributed by atoms with Gasteiger partial charge in [0.25, 0.3) is 5.91 Å². The predicted octanol–water partition coefficient (Wildman–Crippen LogP) is 4.79. The highest BCUT2D eigenvalue weighted by atomic mass is 16.4. The number of carbonyl (C=O) groups excluding carboxylic acids is 1. The molecule has 1 aliphatic rings. The van der Waals surface area contributed by atoms with Gasteiger partial charge in [0.1, 0.15) is 5.76 Å². The summed E-state index contributed by atoms with van der Waals surface area (Å²) in [7, 11) is 0. The van der Waals surface area contributed by atoms with Crippen LogP contribution in [-0.2, 0) is 6.54 Å². The molecular formula is C22H22N2O2. The Morgan fingerprint density at radius 2 is 1.58 bits per heavy atom. The Balaban J connectivity index is 1.39. The van der Waals surface area contributed by atoms with E-state index in [1.165, 1.54) is 12.8 Å². The lowest BCUT2D eigenvalue weighted by atomic mass is 10.1. The van der Waals surface area contributed by atoms with Crippen LogP contribution < -0.4 is 5.32 Å². The lowest BCUT2D eigenvalue weighted by molar-refractivity contribution is 0.0993. The van der Waals surface area contributed by atoms with Gasteiger partial charge in [-0.3, -0.25) is 9.69 Å². The van der Waals surface area contributed by atoms with Crippen LogP contribution in [0, 0.1) is 0 Å². The molecule has 132 valence electrons. The number of nitrogens with zero attached hydrogens (tertiary/aromatic N) is 1. The first kappa shape index (κ1) is 16.6. The predicted molar refractivity (Wildman–Crippen MR) is 103 cm³/mol. The minimum Gasteiger partial charge on any atom is -0.455 e. The Hall–Kier alpha value is -2.85. The van der Waals surface area contributed by atoms with E-state index in [-0.39, 0.29) is 5.91 Å². The van der Waals surface area contributed by atoms with Crippen molar-refractivity contribution in [2.75, 3.05) is 18.4 Å². The largest absolute Gasteiger partial charge is 0.455 e. The Bertz CT molecular complexity index is 863. The molecule has 0 radical (unpaired) electrons. The normalized spacial score (nSPS) is 14.5. The van der Waals surface area contributed by atoms with Gasteiger partial charge in [0.2, 0.25) is 0 Å². The van der Waals surface area contributed by atoms with E-state index in [2.05, 4.69) is 22.3 Å². The van der Waals surface area contributed by atoms with E-state index in [1.54, 1.807) is 6.07 Å². The topological polar surface area (TPSA) is 45.5 Å². The highest BCUT2D eigenvalue weighted by Crippen LogP contribution is 2.22. The minimum atomic E-state index is -0.217. The number of benzene rings is 2. The first-order chi connectivity index (χ1) is 12.8. The van der Waals surface area contributed by atoms with Gasteiger partial charge in [-0.05, 0) is 61.3 Å². The Kier molecular flexibility index (Phi) is 4.84. The monoisotopic (exact) mass is 346 g/mol. The quantitative estimate of drug-likeness (QED) is 0.722. The summed E-state index contributed by atoms with van der Waals surface area (Å²) in [5.74, 6) is 0.980. The fraction of sp³-hybridized carbons (Fsp3) is 0.227. The summed E-state index contributed by atoms with van der Waals surface area (Å²) in [4.78, 5) is 14.8. The van der Waals surface area contributed by atoms with Crippen LogP contribution in [0.1, 0.15) is 29.2 Å². The van der Waals surface area contributed by atoms with Crippen molar-refractivity contribution in [1.29, 1.82) is 0 Å². The summed E-state index contributed by atoms with van der Waals surface area (Å²) >= 11 is 0. The van der Waals surface area contributed by atoms with Gasteiger partial charge in [-0.15, -0.1) is 0 Å². The molecule has 1 N–H and O–H groups in total. The summed E-state index contributed by atoms with van der Waals surface area (Å²) in [6.07, 6.45) is 2.49. The molecular weight excluding hydrogens is 324 g/mol. The standard InChI is InChI=1S/C22H22N2O2/c25-22(21-13-12-20(26-21)16-24-14-4-5-15-24)23-19-10-8-18(9-11-19)17-6-2-1-3-7-17/h1-3,6-13H,4-5,14-16H2,(H,23,25). The Labute approximate surface area is 153 Å². The highest BCUT2D eigenvalue weighted by Gasteiger charge is 2.16. The van der Waals surface area contributed by atoms with Crippen molar-refractivity contribution < 1.29 is 9.21 Å². The first-order valence-corrected chi connectivity index (χ1v) is 9.06. The fourth-order valence-corrected chi connectivity index (χ4v) is 3.32. The van der Waals surface area contributed by atoms with Gasteiger partial charge < -0.3 is 9.73 Å². The Morgan fingerprint density at radius 1 is 0.885 bits per heavy atom. The summed E-state index contributed by atoms with van der Waals surface area (Å²) in [6, 6.07) is 21.6. The molecule has 4 nitrogen and oxygen atoms in total. The SMILES string of the molecule is O=C(Nc1ccc(-c2ccccc2)cc1)c1ccc(CN2CCCC2)o1. The number of hydrogen-bond donors (Lipinski definition) is 1. The number of amides is 1. The second-order valence-electron chi connectivity index (χ2n) is 6.65. The third-order valence-corrected chi connectivity index (χ3v) is 4.71. The molecule has 0 unspecified atom stereocenters. The molecule has 1 fully saturated rings. The molecule has 1 saturated heterocycles. The smallest absolute Gasteiger partial charge is 0.291 e. The molecule has 4 rings (SSSR count). The molecule has 3 aromatic rings. The maximum absolute atomic E-state index is 12.4. The molecule has 1 aliphatic heterocycles. The zero-order valence-electron chi connectivity index (χ0n) is 14.7. The summed E-state index contributed by atoms with van der Waals surface area (Å²) in [6.45, 7) is 2.99. The molecule has 1 aromatic heterocycles. The number of likely N-dealkylation sites (tertiary alicyclic amines) is 1. The van der Waals surface area contributed by atoms with Crippen molar-refractivity contribution in [3.63, 3.8) is 0 Å². The molecule has 2 heterocycles. The second kappa shape index (κ2) is 7.58. The van der Waals surface area contributed by atoms with Crippen LogP contribution in [0.5, 0.6) is 0 Å². The lowest BCUT2D eigenvalue weighted by Gasteiger charge is -2.11.